The summed E-state index contributed by atoms with van der Waals surface area (Å²) in [4.78, 5) is 14.5. The maximum atomic E-state index is 10.5. The minimum atomic E-state index is -1.42. The standard InChI is InChI=1S/C6H8O6.C4H10O2/c7-1-2(8)5-3(9)4(10)6(11)12-5;1-4(2,3)6-5/h2,5,7-10H,1H2;5H,1-3H3/t2-,5+;/m0./s1. The van der Waals surface area contributed by atoms with E-state index in [1.54, 1.807) is 20.8 Å². The molecule has 18 heavy (non-hydrogen) atoms. The highest BCUT2D eigenvalue weighted by atomic mass is 17.1. The Morgan fingerprint density at radius 3 is 2.06 bits per heavy atom. The summed E-state index contributed by atoms with van der Waals surface area (Å²) in [5, 5.41) is 42.9. The fourth-order valence-electron chi connectivity index (χ4n) is 0.823. The predicted octanol–water partition coefficient (Wildman–Crippen LogP) is -0.133. The number of ether oxygens (including phenoxy) is 1. The molecule has 106 valence electrons. The van der Waals surface area contributed by atoms with Gasteiger partial charge in [-0.05, 0) is 20.8 Å². The van der Waals surface area contributed by atoms with Crippen LogP contribution in [0.15, 0.2) is 11.5 Å². The lowest BCUT2D eigenvalue weighted by molar-refractivity contribution is -0.306. The zero-order valence-corrected chi connectivity index (χ0v) is 10.3. The third-order valence-corrected chi connectivity index (χ3v) is 1.75. The van der Waals surface area contributed by atoms with Gasteiger partial charge in [-0.1, -0.05) is 0 Å². The van der Waals surface area contributed by atoms with Crippen molar-refractivity contribution in [3.8, 4) is 0 Å². The quantitative estimate of drug-likeness (QED) is 0.265. The Hall–Kier alpha value is -1.35. The topological polar surface area (TPSA) is 137 Å². The molecule has 1 rings (SSSR count). The zero-order valence-electron chi connectivity index (χ0n) is 10.3. The van der Waals surface area contributed by atoms with E-state index in [4.69, 9.17) is 25.7 Å². The first-order valence-corrected chi connectivity index (χ1v) is 5.08. The van der Waals surface area contributed by atoms with Crippen molar-refractivity contribution in [3.63, 3.8) is 0 Å². The molecule has 0 radical (unpaired) electrons. The molecule has 0 saturated carbocycles. The molecule has 0 aromatic heterocycles. The van der Waals surface area contributed by atoms with E-state index in [9.17, 15) is 4.79 Å². The van der Waals surface area contributed by atoms with E-state index in [1.165, 1.54) is 0 Å². The Bertz CT molecular complexity index is 316. The van der Waals surface area contributed by atoms with Crippen molar-refractivity contribution in [1.29, 1.82) is 0 Å². The van der Waals surface area contributed by atoms with Gasteiger partial charge < -0.3 is 25.2 Å². The van der Waals surface area contributed by atoms with Gasteiger partial charge in [0, 0.05) is 0 Å². The van der Waals surface area contributed by atoms with Crippen LogP contribution in [0, 0.1) is 0 Å². The average Bonchev–Trinajstić information content (AvgIpc) is 2.56. The molecule has 2 atom stereocenters. The summed E-state index contributed by atoms with van der Waals surface area (Å²) in [7, 11) is 0. The average molecular weight is 266 g/mol. The Kier molecular flexibility index (Phi) is 6.06. The van der Waals surface area contributed by atoms with Gasteiger partial charge in [-0.25, -0.2) is 9.68 Å². The summed E-state index contributed by atoms with van der Waals surface area (Å²) in [6.07, 6.45) is -2.78. The maximum absolute atomic E-state index is 10.5. The monoisotopic (exact) mass is 266 g/mol. The van der Waals surface area contributed by atoms with Gasteiger partial charge in [0.1, 0.15) is 6.10 Å². The van der Waals surface area contributed by atoms with Crippen molar-refractivity contribution >= 4 is 5.97 Å². The van der Waals surface area contributed by atoms with Crippen LogP contribution in [0.1, 0.15) is 20.8 Å². The molecular formula is C10H18O8. The lowest BCUT2D eigenvalue weighted by atomic mass is 10.2. The second-order valence-corrected chi connectivity index (χ2v) is 4.51. The Balaban J connectivity index is 0.000000411. The smallest absolute Gasteiger partial charge is 0.377 e. The van der Waals surface area contributed by atoms with Crippen LogP contribution in [0.5, 0.6) is 0 Å². The van der Waals surface area contributed by atoms with Crippen molar-refractivity contribution < 1.29 is 40.1 Å². The first kappa shape index (κ1) is 16.6. The van der Waals surface area contributed by atoms with Crippen molar-refractivity contribution in [1.82, 2.24) is 0 Å². The van der Waals surface area contributed by atoms with Crippen LogP contribution in [0.3, 0.4) is 0 Å². The van der Waals surface area contributed by atoms with E-state index in [-0.39, 0.29) is 0 Å². The minimum absolute atomic E-state index is 0.403. The lowest BCUT2D eigenvalue weighted by Gasteiger charge is -2.13. The highest BCUT2D eigenvalue weighted by Crippen LogP contribution is 2.20. The van der Waals surface area contributed by atoms with Crippen molar-refractivity contribution in [2.75, 3.05) is 6.61 Å². The van der Waals surface area contributed by atoms with Crippen LogP contribution in [0.2, 0.25) is 0 Å². The summed E-state index contributed by atoms with van der Waals surface area (Å²) in [6, 6.07) is 0. The number of hydrogen-bond acceptors (Lipinski definition) is 8. The number of cyclic esters (lactones) is 1. The molecule has 1 heterocycles. The summed E-state index contributed by atoms with van der Waals surface area (Å²) in [5.74, 6) is -2.78. The number of carbonyl (C=O) groups is 1. The van der Waals surface area contributed by atoms with Gasteiger partial charge in [0.2, 0.25) is 5.76 Å². The molecule has 0 aromatic rings. The van der Waals surface area contributed by atoms with Crippen LogP contribution in [-0.2, 0) is 14.4 Å². The lowest BCUT2D eigenvalue weighted by Crippen LogP contribution is -2.31. The van der Waals surface area contributed by atoms with Gasteiger partial charge in [-0.2, -0.15) is 0 Å². The van der Waals surface area contributed by atoms with Gasteiger partial charge in [-0.3, -0.25) is 5.26 Å². The van der Waals surface area contributed by atoms with Crippen LogP contribution in [0.25, 0.3) is 0 Å². The number of hydrogen-bond donors (Lipinski definition) is 5. The molecule has 8 nitrogen and oxygen atoms in total. The first-order valence-electron chi connectivity index (χ1n) is 5.08. The largest absolute Gasteiger partial charge is 0.505 e. The highest BCUT2D eigenvalue weighted by Gasteiger charge is 2.38. The van der Waals surface area contributed by atoms with Gasteiger partial charge in [0.05, 0.1) is 12.2 Å². The summed E-state index contributed by atoms with van der Waals surface area (Å²) < 4.78 is 4.32. The Labute approximate surface area is 104 Å². The summed E-state index contributed by atoms with van der Waals surface area (Å²) in [5.41, 5.74) is -0.403. The molecule has 0 aromatic carbocycles. The molecule has 0 bridgehead atoms. The van der Waals surface area contributed by atoms with Crippen molar-refractivity contribution in [2.24, 2.45) is 0 Å². The second kappa shape index (κ2) is 6.55. The van der Waals surface area contributed by atoms with Crippen molar-refractivity contribution in [2.45, 2.75) is 38.6 Å². The molecule has 0 amide bonds. The molecule has 8 heteroatoms. The van der Waals surface area contributed by atoms with Gasteiger partial charge in [0.25, 0.3) is 0 Å². The summed E-state index contributed by atoms with van der Waals surface area (Å²) in [6.45, 7) is 4.64. The normalized spacial score (nSPS) is 21.2. The third kappa shape index (κ3) is 4.88. The van der Waals surface area contributed by atoms with Crippen LogP contribution in [0.4, 0.5) is 0 Å². The van der Waals surface area contributed by atoms with E-state index in [2.05, 4.69) is 9.62 Å². The molecule has 5 N–H and O–H groups in total. The molecule has 0 spiro atoms. The van der Waals surface area contributed by atoms with E-state index in [0.29, 0.717) is 0 Å². The van der Waals surface area contributed by atoms with Crippen molar-refractivity contribution in [3.05, 3.63) is 11.5 Å². The number of carbonyl (C=O) groups excluding carboxylic acids is 1. The molecule has 0 unspecified atom stereocenters. The summed E-state index contributed by atoms with van der Waals surface area (Å²) >= 11 is 0. The highest BCUT2D eigenvalue weighted by molar-refractivity contribution is 5.89. The SMILES string of the molecule is CC(C)(C)OO.O=C1O[C@H]([C@@H](O)CO)C(O)=C1O. The number of esters is 1. The maximum Gasteiger partial charge on any atom is 0.377 e. The molecule has 0 fully saturated rings. The first-order chi connectivity index (χ1) is 8.14. The number of aliphatic hydroxyl groups is 4. The predicted molar refractivity (Wildman–Crippen MR) is 58.7 cm³/mol. The van der Waals surface area contributed by atoms with Gasteiger partial charge >= 0.3 is 5.97 Å². The van der Waals surface area contributed by atoms with Crippen LogP contribution >= 0.6 is 0 Å². The fraction of sp³-hybridized carbons (Fsp3) is 0.700. The van der Waals surface area contributed by atoms with Crippen LogP contribution < -0.4 is 0 Å². The minimum Gasteiger partial charge on any atom is -0.505 e. The van der Waals surface area contributed by atoms with Gasteiger partial charge in [0.15, 0.2) is 11.9 Å². The van der Waals surface area contributed by atoms with E-state index < -0.39 is 41.9 Å². The third-order valence-electron chi connectivity index (χ3n) is 1.75. The van der Waals surface area contributed by atoms with Crippen LogP contribution in [-0.4, -0.2) is 56.1 Å². The molecule has 1 aliphatic heterocycles. The van der Waals surface area contributed by atoms with E-state index in [0.717, 1.165) is 0 Å². The van der Waals surface area contributed by atoms with E-state index in [1.807, 2.05) is 0 Å². The van der Waals surface area contributed by atoms with Gasteiger partial charge in [-0.15, -0.1) is 0 Å². The number of rotatable bonds is 2. The number of aliphatic hydroxyl groups excluding tert-OH is 4. The zero-order chi connectivity index (χ0) is 14.5. The van der Waals surface area contributed by atoms with E-state index >= 15 is 0 Å². The molecule has 0 saturated heterocycles. The Morgan fingerprint density at radius 2 is 1.83 bits per heavy atom. The molecule has 0 aliphatic carbocycles. The second-order valence-electron chi connectivity index (χ2n) is 4.51. The fourth-order valence-corrected chi connectivity index (χ4v) is 0.823. The molecule has 1 aliphatic rings. The molecular weight excluding hydrogens is 248 g/mol. The Morgan fingerprint density at radius 1 is 1.39 bits per heavy atom.